The van der Waals surface area contributed by atoms with Crippen LogP contribution in [0, 0.1) is 0 Å². The molecule has 0 aliphatic carbocycles. The van der Waals surface area contributed by atoms with Crippen molar-refractivity contribution in [2.75, 3.05) is 11.4 Å². The molecule has 4 heterocycles. The summed E-state index contributed by atoms with van der Waals surface area (Å²) in [4.78, 5) is 24.3. The minimum Gasteiger partial charge on any atom is -0.480 e. The molecule has 0 saturated carbocycles. The molecule has 3 aromatic heterocycles. The number of carboxylic acids is 2. The number of hydrogen-bond donors (Lipinski definition) is 4. The van der Waals surface area contributed by atoms with Gasteiger partial charge in [-0.1, -0.05) is 18.2 Å². The molecule has 0 saturated heterocycles. The highest BCUT2D eigenvalue weighted by atomic mass is 32.2. The van der Waals surface area contributed by atoms with Crippen LogP contribution in [0.25, 0.3) is 61.1 Å². The summed E-state index contributed by atoms with van der Waals surface area (Å²) >= 11 is 0. The second-order valence-corrected chi connectivity index (χ2v) is 14.7. The van der Waals surface area contributed by atoms with E-state index in [1.54, 1.807) is 42.5 Å². The van der Waals surface area contributed by atoms with Crippen molar-refractivity contribution in [2.24, 2.45) is 0 Å². The third-order valence-electron chi connectivity index (χ3n) is 8.47. The van der Waals surface area contributed by atoms with Gasteiger partial charge in [0, 0.05) is 27.6 Å². The number of nitrogens with zero attached hydrogens (tertiary/aromatic N) is 2. The maximum Gasteiger partial charge on any atom is 0.374 e. The molecule has 18 heteroatoms. The first kappa shape index (κ1) is 33.7. The van der Waals surface area contributed by atoms with E-state index in [4.69, 9.17) is 18.0 Å². The van der Waals surface area contributed by atoms with E-state index in [0.717, 1.165) is 0 Å². The zero-order chi connectivity index (χ0) is 37.4. The summed E-state index contributed by atoms with van der Waals surface area (Å²) in [7, 11) is -8.96. The number of allylic oxidation sites excluding steroid dienone is 4. The molecule has 0 atom stereocenters. The Morgan fingerprint density at radius 1 is 0.679 bits per heavy atom. The number of oxazole rings is 1. The van der Waals surface area contributed by atoms with Gasteiger partial charge in [-0.15, -0.1) is 4.57 Å². The van der Waals surface area contributed by atoms with Crippen LogP contribution in [0.3, 0.4) is 0 Å². The van der Waals surface area contributed by atoms with Crippen LogP contribution in [0.15, 0.2) is 114 Å². The zero-order valence-corrected chi connectivity index (χ0v) is 28.3. The van der Waals surface area contributed by atoms with Crippen molar-refractivity contribution in [3.63, 3.8) is 0 Å². The predicted molar refractivity (Wildman–Crippen MR) is 187 cm³/mol. The van der Waals surface area contributed by atoms with Crippen molar-refractivity contribution in [1.29, 1.82) is 0 Å². The first-order valence-electron chi connectivity index (χ1n) is 15.4. The summed E-state index contributed by atoms with van der Waals surface area (Å²) < 4.78 is 91.0. The Morgan fingerprint density at radius 3 is 1.89 bits per heavy atom. The molecule has 0 bridgehead atoms. The smallest absolute Gasteiger partial charge is 0.374 e. The number of ether oxygens (including phenoxy) is 1. The minimum absolute atomic E-state index is 0.152. The van der Waals surface area contributed by atoms with Gasteiger partial charge < -0.3 is 28.2 Å². The lowest BCUT2D eigenvalue weighted by molar-refractivity contribution is -0.666. The number of hydrogen-bond acceptors (Lipinski definition) is 11. The first-order chi connectivity index (χ1) is 25.1. The van der Waals surface area contributed by atoms with E-state index in [0.29, 0.717) is 55.1 Å². The van der Waals surface area contributed by atoms with Crippen LogP contribution in [0.2, 0.25) is 0 Å². The summed E-state index contributed by atoms with van der Waals surface area (Å²) in [6.07, 6.45) is 7.70. The lowest BCUT2D eigenvalue weighted by Crippen LogP contribution is -2.39. The van der Waals surface area contributed by atoms with E-state index in [9.17, 15) is 45.7 Å². The number of carboxylic acid groups (broad SMARTS) is 2. The van der Waals surface area contributed by atoms with Crippen molar-refractivity contribution in [2.45, 2.75) is 16.3 Å². The van der Waals surface area contributed by atoms with Crippen LogP contribution < -0.4 is 14.2 Å². The van der Waals surface area contributed by atoms with Crippen LogP contribution in [0.5, 0.6) is 5.75 Å². The highest BCUT2D eigenvalue weighted by Crippen LogP contribution is 2.44. The van der Waals surface area contributed by atoms with Gasteiger partial charge in [-0.3, -0.25) is 18.8 Å². The number of rotatable bonds is 9. The van der Waals surface area contributed by atoms with E-state index in [-0.39, 0.29) is 32.9 Å². The molecule has 0 unspecified atom stereocenters. The van der Waals surface area contributed by atoms with Gasteiger partial charge in [0.15, 0.2) is 5.75 Å². The Kier molecular flexibility index (Phi) is 7.66. The summed E-state index contributed by atoms with van der Waals surface area (Å²) in [5.41, 5.74) is 2.39. The third kappa shape index (κ3) is 6.04. The molecule has 0 fully saturated rings. The van der Waals surface area contributed by atoms with E-state index in [1.807, 2.05) is 0 Å². The van der Waals surface area contributed by atoms with Crippen LogP contribution in [-0.4, -0.2) is 54.6 Å². The van der Waals surface area contributed by atoms with Gasteiger partial charge in [0.2, 0.25) is 18.0 Å². The lowest BCUT2D eigenvalue weighted by atomic mass is 10.1. The fraction of sp³-hybridized carbons (Fsp3) is 0.0571. The minimum atomic E-state index is -4.48. The number of furan rings is 2. The summed E-state index contributed by atoms with van der Waals surface area (Å²) in [5, 5.41) is 21.0. The number of benzene rings is 4. The highest BCUT2D eigenvalue weighted by Gasteiger charge is 2.30. The van der Waals surface area contributed by atoms with Gasteiger partial charge in [0.05, 0.1) is 27.6 Å². The average molecular weight is 760 g/mol. The number of fused-ring (bicyclic) bond motifs is 8. The monoisotopic (exact) mass is 759 g/mol. The maximum absolute atomic E-state index is 11.8. The van der Waals surface area contributed by atoms with E-state index >= 15 is 0 Å². The Balaban J connectivity index is 1.11. The van der Waals surface area contributed by atoms with E-state index in [1.165, 1.54) is 58.0 Å². The zero-order valence-electron chi connectivity index (χ0n) is 26.7. The Bertz CT molecular complexity index is 3060. The molecule has 0 radical (unpaired) electrons. The summed E-state index contributed by atoms with van der Waals surface area (Å²) in [6.45, 7) is -0.935. The van der Waals surface area contributed by atoms with Crippen molar-refractivity contribution >= 4 is 98.9 Å². The molecule has 1 aliphatic heterocycles. The van der Waals surface area contributed by atoms with Crippen molar-refractivity contribution in [1.82, 2.24) is 0 Å². The number of aliphatic carboxylic acids is 2. The number of carbonyl (C=O) groups is 2. The van der Waals surface area contributed by atoms with E-state index in [2.05, 4.69) is 0 Å². The maximum atomic E-state index is 11.8. The molecule has 4 N–H and O–H groups in total. The van der Waals surface area contributed by atoms with Gasteiger partial charge in [0.25, 0.3) is 25.8 Å². The molecule has 0 amide bonds. The summed E-state index contributed by atoms with van der Waals surface area (Å²) in [5.74, 6) is -1.72. The van der Waals surface area contributed by atoms with Gasteiger partial charge in [-0.25, -0.2) is 4.79 Å². The largest absolute Gasteiger partial charge is 0.480 e. The molecule has 1 aliphatic rings. The Hall–Kier alpha value is -6.47. The van der Waals surface area contributed by atoms with Crippen LogP contribution in [-0.2, 0) is 36.4 Å². The topological polar surface area (TPSA) is 239 Å². The average Bonchev–Trinajstić information content (AvgIpc) is 3.81. The van der Waals surface area contributed by atoms with Crippen molar-refractivity contribution in [3.05, 3.63) is 96.7 Å². The molecule has 4 aromatic carbocycles. The lowest BCUT2D eigenvalue weighted by Gasteiger charge is -2.14. The highest BCUT2D eigenvalue weighted by molar-refractivity contribution is 7.86. The van der Waals surface area contributed by atoms with Crippen LogP contribution >= 0.6 is 0 Å². The molecule has 0 spiro atoms. The molecule has 16 nitrogen and oxygen atoms in total. The van der Waals surface area contributed by atoms with Gasteiger partial charge in [0.1, 0.15) is 28.9 Å². The van der Waals surface area contributed by atoms with E-state index < -0.39 is 45.3 Å². The van der Waals surface area contributed by atoms with Gasteiger partial charge in [-0.05, 0) is 54.6 Å². The molecule has 7 aromatic rings. The van der Waals surface area contributed by atoms with Crippen molar-refractivity contribution < 1.29 is 68.3 Å². The van der Waals surface area contributed by atoms with Crippen molar-refractivity contribution in [3.8, 4) is 5.75 Å². The van der Waals surface area contributed by atoms with Crippen LogP contribution in [0.4, 0.5) is 5.69 Å². The fourth-order valence-electron chi connectivity index (χ4n) is 6.21. The Morgan fingerprint density at radius 2 is 1.28 bits per heavy atom. The molecular weight excluding hydrogens is 737 g/mol. The SMILES string of the molecule is O=C(O)CN1/C(=C/C=C/C=C/c2oc3cc4c(cc3[n+]2CC(=O)O)oc2ccc(S(=O)(=O)O)cc24)Oc2cc3c(cc21)oc1ccc(S(=O)(=O)O)cc13. The number of anilines is 1. The molecule has 8 rings (SSSR count). The van der Waals surface area contributed by atoms with Gasteiger partial charge >= 0.3 is 17.8 Å². The normalized spacial score (nSPS) is 14.6. The second-order valence-electron chi connectivity index (χ2n) is 11.9. The molecule has 268 valence electrons. The third-order valence-corrected chi connectivity index (χ3v) is 10.2. The Labute approximate surface area is 296 Å². The second kappa shape index (κ2) is 12.1. The standard InChI is InChI=1S/C35H22N2O14S2/c38-34(39)16-36-24-14-28-22(20-10-18(52(42,43)44)6-8-26(20)48-28)12-30(24)50-32(36)4-2-1-3-5-33-37(17-35(40)41)25-15-29-23(13-31(25)51-33)21-11-19(53(45,46)47)7-9-27(21)49-29/h1-15H,16-17H2,(H3-,38,39,40,41,42,43,44,45,46,47)/p+1. The first-order valence-corrected chi connectivity index (χ1v) is 18.2. The van der Waals surface area contributed by atoms with Gasteiger partial charge in [-0.2, -0.15) is 16.8 Å². The quantitative estimate of drug-likeness (QED) is 0.0808. The van der Waals surface area contributed by atoms with Crippen LogP contribution in [0.1, 0.15) is 5.89 Å². The summed E-state index contributed by atoms with van der Waals surface area (Å²) in [6, 6.07) is 14.1. The fourth-order valence-corrected chi connectivity index (χ4v) is 7.22. The predicted octanol–water partition coefficient (Wildman–Crippen LogP) is 5.49. The number of aromatic nitrogens is 1. The molecular formula is C35H23N2O14S2+. The molecule has 53 heavy (non-hydrogen) atoms.